The Morgan fingerprint density at radius 3 is 1.39 bits per heavy atom. The van der Waals surface area contributed by atoms with Gasteiger partial charge in [0.1, 0.15) is 0 Å². The minimum absolute atomic E-state index is 0.267. The van der Waals surface area contributed by atoms with E-state index in [0.717, 1.165) is 25.9 Å². The molecule has 0 radical (unpaired) electrons. The Balaban J connectivity index is 0.000000180. The second-order valence-electron chi connectivity index (χ2n) is 5.61. The van der Waals surface area contributed by atoms with Crippen LogP contribution in [0.5, 0.6) is 0 Å². The maximum absolute atomic E-state index is 11.1. The lowest BCUT2D eigenvalue weighted by Crippen LogP contribution is -2.36. The Labute approximate surface area is 110 Å². The van der Waals surface area contributed by atoms with Crippen molar-refractivity contribution in [3.8, 4) is 0 Å². The van der Waals surface area contributed by atoms with Gasteiger partial charge in [-0.2, -0.15) is 0 Å². The Hall–Kier alpha value is -1.06. The van der Waals surface area contributed by atoms with Crippen LogP contribution in [0.3, 0.4) is 0 Å². The molecule has 4 heteroatoms. The van der Waals surface area contributed by atoms with Crippen LogP contribution in [0.15, 0.2) is 0 Å². The largest absolute Gasteiger partial charge is 0.346 e. The van der Waals surface area contributed by atoms with Crippen molar-refractivity contribution in [2.75, 3.05) is 27.2 Å². The van der Waals surface area contributed by atoms with Crippen LogP contribution in [-0.2, 0) is 9.59 Å². The molecular formula is C14H26N2O2. The van der Waals surface area contributed by atoms with E-state index in [9.17, 15) is 9.59 Å². The lowest BCUT2D eigenvalue weighted by Gasteiger charge is -2.26. The standard InChI is InChI=1S/2C7H13NO/c2*1-6-4-3-5-8(2)7(6)9/h2*6H,3-5H2,1-2H3. The third kappa shape index (κ3) is 4.00. The molecule has 2 heterocycles. The van der Waals surface area contributed by atoms with Crippen LogP contribution in [0.1, 0.15) is 39.5 Å². The number of piperidine rings is 2. The van der Waals surface area contributed by atoms with Crippen molar-refractivity contribution in [2.45, 2.75) is 39.5 Å². The van der Waals surface area contributed by atoms with E-state index in [-0.39, 0.29) is 11.8 Å². The normalized spacial score (nSPS) is 28.9. The van der Waals surface area contributed by atoms with Crippen molar-refractivity contribution in [3.05, 3.63) is 0 Å². The highest BCUT2D eigenvalue weighted by Gasteiger charge is 2.21. The molecule has 2 unspecified atom stereocenters. The number of carbonyl (C=O) groups excluding carboxylic acids is 2. The van der Waals surface area contributed by atoms with E-state index < -0.39 is 0 Å². The summed E-state index contributed by atoms with van der Waals surface area (Å²) in [6, 6.07) is 0. The molecule has 0 N–H and O–H groups in total. The van der Waals surface area contributed by atoms with Gasteiger partial charge in [0, 0.05) is 39.0 Å². The van der Waals surface area contributed by atoms with Crippen LogP contribution in [-0.4, -0.2) is 48.8 Å². The van der Waals surface area contributed by atoms with Crippen molar-refractivity contribution in [1.82, 2.24) is 9.80 Å². The summed E-state index contributed by atoms with van der Waals surface area (Å²) in [6.45, 7) is 5.89. The number of rotatable bonds is 0. The minimum Gasteiger partial charge on any atom is -0.346 e. The predicted octanol–water partition coefficient (Wildman–Crippen LogP) is 1.75. The number of likely N-dealkylation sites (tertiary alicyclic amines) is 2. The zero-order chi connectivity index (χ0) is 13.7. The Morgan fingerprint density at radius 1 is 0.833 bits per heavy atom. The number of amides is 2. The Morgan fingerprint density at radius 2 is 1.17 bits per heavy atom. The third-order valence-corrected chi connectivity index (χ3v) is 3.86. The number of nitrogens with zero attached hydrogens (tertiary/aromatic N) is 2. The molecule has 0 aromatic heterocycles. The van der Waals surface area contributed by atoms with Crippen LogP contribution >= 0.6 is 0 Å². The van der Waals surface area contributed by atoms with E-state index in [1.54, 1.807) is 0 Å². The Bertz CT molecular complexity index is 250. The van der Waals surface area contributed by atoms with Crippen LogP contribution in [0.2, 0.25) is 0 Å². The van der Waals surface area contributed by atoms with Gasteiger partial charge in [-0.15, -0.1) is 0 Å². The van der Waals surface area contributed by atoms with Gasteiger partial charge in [0.2, 0.25) is 11.8 Å². The molecule has 4 nitrogen and oxygen atoms in total. The number of hydrogen-bond acceptors (Lipinski definition) is 2. The minimum atomic E-state index is 0.267. The molecule has 2 rings (SSSR count). The topological polar surface area (TPSA) is 40.6 Å². The molecule has 2 fully saturated rings. The zero-order valence-corrected chi connectivity index (χ0v) is 12.1. The smallest absolute Gasteiger partial charge is 0.225 e. The first-order valence-electron chi connectivity index (χ1n) is 6.93. The van der Waals surface area contributed by atoms with Crippen LogP contribution in [0.4, 0.5) is 0 Å². The summed E-state index contributed by atoms with van der Waals surface area (Å²) in [5, 5.41) is 0. The molecule has 18 heavy (non-hydrogen) atoms. The molecule has 0 aromatic carbocycles. The average Bonchev–Trinajstić information content (AvgIpc) is 2.34. The highest BCUT2D eigenvalue weighted by molar-refractivity contribution is 5.79. The third-order valence-electron chi connectivity index (χ3n) is 3.86. The van der Waals surface area contributed by atoms with E-state index in [2.05, 4.69) is 0 Å². The molecule has 2 amide bonds. The summed E-state index contributed by atoms with van der Waals surface area (Å²) in [4.78, 5) is 25.7. The zero-order valence-electron chi connectivity index (χ0n) is 12.1. The lowest BCUT2D eigenvalue weighted by molar-refractivity contribution is -0.136. The lowest BCUT2D eigenvalue weighted by atomic mass is 10.00. The monoisotopic (exact) mass is 254 g/mol. The van der Waals surface area contributed by atoms with Gasteiger partial charge >= 0.3 is 0 Å². The van der Waals surface area contributed by atoms with Crippen molar-refractivity contribution < 1.29 is 9.59 Å². The van der Waals surface area contributed by atoms with Crippen molar-refractivity contribution in [3.63, 3.8) is 0 Å². The number of hydrogen-bond donors (Lipinski definition) is 0. The fourth-order valence-electron chi connectivity index (χ4n) is 2.49. The number of carbonyl (C=O) groups is 2. The second kappa shape index (κ2) is 6.76. The predicted molar refractivity (Wildman–Crippen MR) is 72.1 cm³/mol. The first-order valence-corrected chi connectivity index (χ1v) is 6.93. The second-order valence-corrected chi connectivity index (χ2v) is 5.61. The molecule has 0 bridgehead atoms. The highest BCUT2D eigenvalue weighted by Crippen LogP contribution is 2.15. The quantitative estimate of drug-likeness (QED) is 0.661. The van der Waals surface area contributed by atoms with Crippen molar-refractivity contribution in [1.29, 1.82) is 0 Å². The van der Waals surface area contributed by atoms with Gasteiger partial charge in [-0.1, -0.05) is 13.8 Å². The molecule has 2 saturated heterocycles. The highest BCUT2D eigenvalue weighted by atomic mass is 16.2. The molecule has 2 aliphatic heterocycles. The fourth-order valence-corrected chi connectivity index (χ4v) is 2.49. The maximum Gasteiger partial charge on any atom is 0.225 e. The van der Waals surface area contributed by atoms with E-state index in [1.807, 2.05) is 37.7 Å². The summed E-state index contributed by atoms with van der Waals surface area (Å²) >= 11 is 0. The molecule has 104 valence electrons. The Kier molecular flexibility index (Phi) is 5.63. The first-order chi connectivity index (χ1) is 8.43. The first kappa shape index (κ1) is 15.0. The van der Waals surface area contributed by atoms with Gasteiger partial charge in [0.25, 0.3) is 0 Å². The molecule has 2 aliphatic rings. The van der Waals surface area contributed by atoms with E-state index >= 15 is 0 Å². The molecular weight excluding hydrogens is 228 g/mol. The van der Waals surface area contributed by atoms with Gasteiger partial charge in [0.15, 0.2) is 0 Å². The van der Waals surface area contributed by atoms with E-state index in [0.29, 0.717) is 11.8 Å². The van der Waals surface area contributed by atoms with Gasteiger partial charge in [0.05, 0.1) is 0 Å². The average molecular weight is 254 g/mol. The van der Waals surface area contributed by atoms with Crippen LogP contribution in [0.25, 0.3) is 0 Å². The van der Waals surface area contributed by atoms with Gasteiger partial charge in [-0.25, -0.2) is 0 Å². The summed E-state index contributed by atoms with van der Waals surface area (Å²) < 4.78 is 0. The van der Waals surface area contributed by atoms with Crippen molar-refractivity contribution >= 4 is 11.8 Å². The molecule has 2 atom stereocenters. The summed E-state index contributed by atoms with van der Waals surface area (Å²) in [6.07, 6.45) is 4.49. The van der Waals surface area contributed by atoms with E-state index in [1.165, 1.54) is 12.8 Å². The maximum atomic E-state index is 11.1. The van der Waals surface area contributed by atoms with Gasteiger partial charge in [-0.3, -0.25) is 9.59 Å². The molecule has 0 saturated carbocycles. The SMILES string of the molecule is CC1CCCN(C)C1=O.CC1CCCN(C)C1=O. The van der Waals surface area contributed by atoms with Gasteiger partial charge in [-0.05, 0) is 25.7 Å². The summed E-state index contributed by atoms with van der Waals surface area (Å²) in [7, 11) is 3.75. The summed E-state index contributed by atoms with van der Waals surface area (Å²) in [5.41, 5.74) is 0. The van der Waals surface area contributed by atoms with E-state index in [4.69, 9.17) is 0 Å². The van der Waals surface area contributed by atoms with Crippen molar-refractivity contribution in [2.24, 2.45) is 11.8 Å². The molecule has 0 aliphatic carbocycles. The summed E-state index contributed by atoms with van der Waals surface area (Å²) in [5.74, 6) is 1.15. The van der Waals surface area contributed by atoms with Gasteiger partial charge < -0.3 is 9.80 Å². The van der Waals surface area contributed by atoms with Crippen LogP contribution < -0.4 is 0 Å². The van der Waals surface area contributed by atoms with Crippen LogP contribution in [0, 0.1) is 11.8 Å². The molecule has 0 spiro atoms. The fraction of sp³-hybridized carbons (Fsp3) is 0.857. The molecule has 0 aromatic rings.